The van der Waals surface area contributed by atoms with Crippen LogP contribution in [0.25, 0.3) is 10.6 Å². The first-order chi connectivity index (χ1) is 17.6. The van der Waals surface area contributed by atoms with Gasteiger partial charge < -0.3 is 14.9 Å². The molecule has 3 aromatic heterocycles. The number of piperidine rings is 1. The molecule has 3 aromatic rings. The first-order valence-corrected chi connectivity index (χ1v) is 14.1. The minimum atomic E-state index is -0.831. The molecule has 8 nitrogen and oxygen atoms in total. The summed E-state index contributed by atoms with van der Waals surface area (Å²) in [5.74, 6) is -1.75. The monoisotopic (exact) mass is 601 g/mol. The molecular weight excluding hydrogens is 572 g/mol. The summed E-state index contributed by atoms with van der Waals surface area (Å²) in [6.07, 6.45) is 2.19. The van der Waals surface area contributed by atoms with Crippen LogP contribution in [0.15, 0.2) is 23.7 Å². The van der Waals surface area contributed by atoms with E-state index in [2.05, 4.69) is 34.0 Å². The fraction of sp³-hybridized carbons (Fsp3) is 0.440. The normalized spacial score (nSPS) is 14.1. The minimum absolute atomic E-state index is 0. The molecule has 1 fully saturated rings. The molecule has 0 saturated carbocycles. The van der Waals surface area contributed by atoms with Crippen LogP contribution >= 0.6 is 46.7 Å². The number of nitrogens with one attached hydrogen (secondary N) is 1. The molecule has 0 radical (unpaired) electrons. The molecule has 13 heteroatoms. The fourth-order valence-electron chi connectivity index (χ4n) is 4.37. The van der Waals surface area contributed by atoms with E-state index in [1.54, 1.807) is 4.90 Å². The van der Waals surface area contributed by atoms with E-state index in [0.29, 0.717) is 48.5 Å². The summed E-state index contributed by atoms with van der Waals surface area (Å²) in [5, 5.41) is 14.8. The second-order valence-corrected chi connectivity index (χ2v) is 12.0. The summed E-state index contributed by atoms with van der Waals surface area (Å²) in [6, 6.07) is 3.02. The van der Waals surface area contributed by atoms with E-state index in [4.69, 9.17) is 16.7 Å². The van der Waals surface area contributed by atoms with E-state index in [1.807, 2.05) is 18.5 Å². The van der Waals surface area contributed by atoms with Crippen molar-refractivity contribution in [1.29, 1.82) is 0 Å². The molecular formula is C25H30Cl2FN5O3S2. The number of hydrogen-bond acceptors (Lipinski definition) is 8. The van der Waals surface area contributed by atoms with Crippen molar-refractivity contribution in [2.45, 2.75) is 33.2 Å². The first kappa shape index (κ1) is 30.2. The SMILES string of the molecule is CC(C)CN(C)Cc1sc(NC(=O)c2cnc(N3CCC(C(=O)O)CC3)c(F)c2)nc1-c1cc(Cl)cs1.Cl. The lowest BCUT2D eigenvalue weighted by atomic mass is 9.97. The minimum Gasteiger partial charge on any atom is -0.481 e. The molecule has 1 amide bonds. The van der Waals surface area contributed by atoms with Crippen LogP contribution in [0.2, 0.25) is 5.02 Å². The number of carboxylic acids is 1. The van der Waals surface area contributed by atoms with Gasteiger partial charge in [-0.05, 0) is 37.9 Å². The summed E-state index contributed by atoms with van der Waals surface area (Å²) < 4.78 is 14.9. The smallest absolute Gasteiger partial charge is 0.306 e. The predicted molar refractivity (Wildman–Crippen MR) is 154 cm³/mol. The van der Waals surface area contributed by atoms with Crippen LogP contribution in [0.5, 0.6) is 0 Å². The van der Waals surface area contributed by atoms with Crippen LogP contribution < -0.4 is 10.2 Å². The van der Waals surface area contributed by atoms with Crippen molar-refractivity contribution in [3.8, 4) is 10.6 Å². The Morgan fingerprint density at radius 2 is 2.03 bits per heavy atom. The molecule has 0 unspecified atom stereocenters. The number of pyridine rings is 1. The molecule has 206 valence electrons. The zero-order valence-electron chi connectivity index (χ0n) is 21.2. The lowest BCUT2D eigenvalue weighted by molar-refractivity contribution is -0.142. The largest absolute Gasteiger partial charge is 0.481 e. The van der Waals surface area contributed by atoms with Crippen LogP contribution in [0.1, 0.15) is 41.9 Å². The van der Waals surface area contributed by atoms with Gasteiger partial charge in [0.05, 0.1) is 27.1 Å². The molecule has 1 saturated heterocycles. The van der Waals surface area contributed by atoms with Crippen LogP contribution in [-0.2, 0) is 11.3 Å². The Bertz CT molecular complexity index is 1280. The highest BCUT2D eigenvalue weighted by atomic mass is 35.5. The van der Waals surface area contributed by atoms with E-state index < -0.39 is 23.6 Å². The number of thiazole rings is 1. The quantitative estimate of drug-likeness (QED) is 0.305. The van der Waals surface area contributed by atoms with Gasteiger partial charge in [-0.25, -0.2) is 14.4 Å². The summed E-state index contributed by atoms with van der Waals surface area (Å²) in [4.78, 5) is 38.8. The number of carbonyl (C=O) groups is 2. The van der Waals surface area contributed by atoms with Crippen molar-refractivity contribution in [2.75, 3.05) is 36.9 Å². The van der Waals surface area contributed by atoms with Crippen molar-refractivity contribution >= 4 is 69.5 Å². The van der Waals surface area contributed by atoms with Gasteiger partial charge in [-0.2, -0.15) is 0 Å². The summed E-state index contributed by atoms with van der Waals surface area (Å²) >= 11 is 9.02. The van der Waals surface area contributed by atoms with Gasteiger partial charge in [0.15, 0.2) is 16.8 Å². The maximum Gasteiger partial charge on any atom is 0.306 e. The lowest BCUT2D eigenvalue weighted by Crippen LogP contribution is -2.37. The fourth-order valence-corrected chi connectivity index (χ4v) is 6.58. The highest BCUT2D eigenvalue weighted by molar-refractivity contribution is 7.17. The van der Waals surface area contributed by atoms with Crippen LogP contribution in [0.4, 0.5) is 15.3 Å². The van der Waals surface area contributed by atoms with Crippen LogP contribution in [0, 0.1) is 17.7 Å². The average Bonchev–Trinajstić information content (AvgIpc) is 3.44. The molecule has 38 heavy (non-hydrogen) atoms. The molecule has 1 aliphatic rings. The standard InChI is InChI=1S/C25H29ClFN5O3S2.ClH/c1-14(2)11-31(3)12-20-21(19-9-17(26)13-36-19)29-25(37-20)30-23(33)16-8-18(27)22(28-10-16)32-6-4-15(5-7-32)24(34)35;/h8-10,13-15H,4-7,11-12H2,1-3H3,(H,34,35)(H,29,30,33);1H. The maximum absolute atomic E-state index is 14.9. The van der Waals surface area contributed by atoms with Crippen molar-refractivity contribution in [3.05, 3.63) is 45.0 Å². The Kier molecular flexibility index (Phi) is 10.5. The van der Waals surface area contributed by atoms with Crippen LogP contribution in [0.3, 0.4) is 0 Å². The molecule has 4 heterocycles. The third-order valence-corrected chi connectivity index (χ3v) is 8.28. The zero-order chi connectivity index (χ0) is 26.7. The molecule has 2 N–H and O–H groups in total. The number of aliphatic carboxylic acids is 1. The molecule has 0 spiro atoms. The Balaban J connectivity index is 0.00000400. The Hall–Kier alpha value is -2.31. The zero-order valence-corrected chi connectivity index (χ0v) is 24.4. The molecule has 0 atom stereocenters. The number of anilines is 2. The van der Waals surface area contributed by atoms with Gasteiger partial charge >= 0.3 is 5.97 Å². The van der Waals surface area contributed by atoms with E-state index in [-0.39, 0.29) is 23.8 Å². The summed E-state index contributed by atoms with van der Waals surface area (Å²) in [7, 11) is 2.04. The van der Waals surface area contributed by atoms with Gasteiger partial charge in [-0.1, -0.05) is 36.8 Å². The third kappa shape index (κ3) is 7.41. The number of carboxylic acid groups (broad SMARTS) is 1. The van der Waals surface area contributed by atoms with E-state index in [0.717, 1.165) is 28.1 Å². The van der Waals surface area contributed by atoms with Gasteiger partial charge in [0, 0.05) is 42.6 Å². The Morgan fingerprint density at radius 3 is 2.61 bits per heavy atom. The second-order valence-electron chi connectivity index (χ2n) is 9.59. The molecule has 0 aliphatic carbocycles. The first-order valence-electron chi connectivity index (χ1n) is 12.0. The van der Waals surface area contributed by atoms with Gasteiger partial charge in [0.2, 0.25) is 0 Å². The number of thiophene rings is 1. The third-order valence-electron chi connectivity index (χ3n) is 6.04. The number of aromatic nitrogens is 2. The molecule has 0 bridgehead atoms. The average molecular weight is 603 g/mol. The van der Waals surface area contributed by atoms with Gasteiger partial charge in [-0.3, -0.25) is 14.9 Å². The van der Waals surface area contributed by atoms with Crippen molar-refractivity contribution in [2.24, 2.45) is 11.8 Å². The molecule has 1 aliphatic heterocycles. The Morgan fingerprint density at radius 1 is 1.32 bits per heavy atom. The van der Waals surface area contributed by atoms with E-state index >= 15 is 0 Å². The topological polar surface area (TPSA) is 98.7 Å². The molecule has 0 aromatic carbocycles. The highest BCUT2D eigenvalue weighted by Crippen LogP contribution is 2.37. The Labute approximate surface area is 240 Å². The predicted octanol–water partition coefficient (Wildman–Crippen LogP) is 6.12. The number of halogens is 3. The number of carbonyl (C=O) groups excluding carboxylic acids is 1. The van der Waals surface area contributed by atoms with Crippen molar-refractivity contribution in [1.82, 2.24) is 14.9 Å². The van der Waals surface area contributed by atoms with E-state index in [9.17, 15) is 14.0 Å². The second kappa shape index (κ2) is 13.2. The number of amides is 1. The van der Waals surface area contributed by atoms with Crippen molar-refractivity contribution in [3.63, 3.8) is 0 Å². The highest BCUT2D eigenvalue weighted by Gasteiger charge is 2.27. The summed E-state index contributed by atoms with van der Waals surface area (Å²) in [6.45, 7) is 6.69. The number of rotatable bonds is 9. The number of hydrogen-bond donors (Lipinski definition) is 2. The van der Waals surface area contributed by atoms with Crippen molar-refractivity contribution < 1.29 is 19.1 Å². The van der Waals surface area contributed by atoms with Gasteiger partial charge in [0.1, 0.15) is 0 Å². The van der Waals surface area contributed by atoms with Gasteiger partial charge in [-0.15, -0.1) is 23.7 Å². The molecule has 4 rings (SSSR count). The van der Waals surface area contributed by atoms with E-state index in [1.165, 1.54) is 28.9 Å². The number of nitrogens with zero attached hydrogens (tertiary/aromatic N) is 4. The van der Waals surface area contributed by atoms with Crippen LogP contribution in [-0.4, -0.2) is 58.5 Å². The summed E-state index contributed by atoms with van der Waals surface area (Å²) in [5.41, 5.74) is 0.855. The van der Waals surface area contributed by atoms with Gasteiger partial charge in [0.25, 0.3) is 5.91 Å². The lowest BCUT2D eigenvalue weighted by Gasteiger charge is -2.31. The maximum atomic E-state index is 14.9.